The van der Waals surface area contributed by atoms with Gasteiger partial charge in [-0.15, -0.1) is 0 Å². The van der Waals surface area contributed by atoms with Crippen LogP contribution in [0.5, 0.6) is 0 Å². The molecule has 0 aromatic heterocycles. The van der Waals surface area contributed by atoms with Crippen LogP contribution in [0.3, 0.4) is 0 Å². The third-order valence-corrected chi connectivity index (χ3v) is 3.22. The molecule has 1 N–H and O–H groups in total. The first-order chi connectivity index (χ1) is 5.34. The Balaban J connectivity index is 1.92. The molecule has 11 heavy (non-hydrogen) atoms. The first kappa shape index (κ1) is 6.40. The van der Waals surface area contributed by atoms with Gasteiger partial charge in [0, 0.05) is 5.92 Å². The zero-order valence-corrected chi connectivity index (χ0v) is 6.27. The highest BCUT2D eigenvalue weighted by atomic mass is 16.7. The number of hydrogen-bond acceptors (Lipinski definition) is 3. The monoisotopic (exact) mass is 156 g/mol. The van der Waals surface area contributed by atoms with Crippen LogP contribution in [0.1, 0.15) is 12.8 Å². The Morgan fingerprint density at radius 2 is 2.18 bits per heavy atom. The van der Waals surface area contributed by atoms with Gasteiger partial charge in [0.2, 0.25) is 0 Å². The first-order valence-electron chi connectivity index (χ1n) is 4.30. The molecule has 5 atom stereocenters. The summed E-state index contributed by atoms with van der Waals surface area (Å²) in [6.07, 6.45) is 1.75. The second kappa shape index (κ2) is 1.97. The number of hydrogen-bond donors (Lipinski definition) is 1. The van der Waals surface area contributed by atoms with E-state index >= 15 is 0 Å². The molecule has 2 saturated heterocycles. The van der Waals surface area contributed by atoms with Crippen molar-refractivity contribution in [3.8, 4) is 0 Å². The smallest absolute Gasteiger partial charge is 0.161 e. The minimum Gasteiger partial charge on any atom is -0.390 e. The van der Waals surface area contributed by atoms with Crippen molar-refractivity contribution >= 4 is 0 Å². The highest BCUT2D eigenvalue weighted by Gasteiger charge is 2.52. The number of aliphatic hydroxyl groups is 1. The van der Waals surface area contributed by atoms with Gasteiger partial charge in [0.25, 0.3) is 0 Å². The number of rotatable bonds is 0. The van der Waals surface area contributed by atoms with E-state index in [9.17, 15) is 5.11 Å². The van der Waals surface area contributed by atoms with Crippen molar-refractivity contribution < 1.29 is 14.6 Å². The van der Waals surface area contributed by atoms with Crippen LogP contribution in [-0.2, 0) is 9.47 Å². The molecule has 1 saturated carbocycles. The molecule has 2 heterocycles. The fourth-order valence-electron chi connectivity index (χ4n) is 2.58. The normalized spacial score (nSPS) is 60.3. The lowest BCUT2D eigenvalue weighted by Crippen LogP contribution is -2.34. The second-order valence-corrected chi connectivity index (χ2v) is 3.84. The summed E-state index contributed by atoms with van der Waals surface area (Å²) in [5, 5.41) is 9.54. The topological polar surface area (TPSA) is 38.7 Å². The maximum Gasteiger partial charge on any atom is 0.161 e. The first-order valence-corrected chi connectivity index (χ1v) is 4.30. The average molecular weight is 156 g/mol. The van der Waals surface area contributed by atoms with Gasteiger partial charge < -0.3 is 14.6 Å². The van der Waals surface area contributed by atoms with Crippen LogP contribution in [0.25, 0.3) is 0 Å². The SMILES string of the molecule is OC1C[C@H]2CO[C@H]3OC1C[C@@H]23. The highest BCUT2D eigenvalue weighted by Crippen LogP contribution is 2.46. The van der Waals surface area contributed by atoms with Gasteiger partial charge in [-0.25, -0.2) is 0 Å². The summed E-state index contributed by atoms with van der Waals surface area (Å²) >= 11 is 0. The summed E-state index contributed by atoms with van der Waals surface area (Å²) in [7, 11) is 0. The standard InChI is InChI=1S/C8H12O3/c9-6-1-4-3-10-8-5(4)2-7(6)11-8/h4-9H,1-3H2/t4-,5-,6?,7?,8-/m0/s1. The molecule has 3 nitrogen and oxygen atoms in total. The van der Waals surface area contributed by atoms with E-state index in [1.54, 1.807) is 0 Å². The van der Waals surface area contributed by atoms with Gasteiger partial charge in [-0.1, -0.05) is 0 Å². The van der Waals surface area contributed by atoms with Crippen LogP contribution in [0.15, 0.2) is 0 Å². The third kappa shape index (κ3) is 0.736. The quantitative estimate of drug-likeness (QED) is 0.541. The second-order valence-electron chi connectivity index (χ2n) is 3.84. The Morgan fingerprint density at radius 3 is 3.09 bits per heavy atom. The predicted octanol–water partition coefficient (Wildman–Crippen LogP) is 0.129. The summed E-state index contributed by atoms with van der Waals surface area (Å²) in [6, 6.07) is 0. The third-order valence-electron chi connectivity index (χ3n) is 3.22. The van der Waals surface area contributed by atoms with E-state index in [1.807, 2.05) is 0 Å². The summed E-state index contributed by atoms with van der Waals surface area (Å²) in [5.41, 5.74) is 0. The Labute approximate surface area is 65.3 Å². The molecule has 0 aromatic carbocycles. The van der Waals surface area contributed by atoms with Gasteiger partial charge in [-0.2, -0.15) is 0 Å². The Morgan fingerprint density at radius 1 is 1.27 bits per heavy atom. The molecule has 0 spiro atoms. The van der Waals surface area contributed by atoms with Gasteiger partial charge in [-0.05, 0) is 18.8 Å². The van der Waals surface area contributed by atoms with Gasteiger partial charge in [0.1, 0.15) is 0 Å². The fourth-order valence-corrected chi connectivity index (χ4v) is 2.58. The molecular weight excluding hydrogens is 144 g/mol. The van der Waals surface area contributed by atoms with Gasteiger partial charge in [0.15, 0.2) is 6.29 Å². The lowest BCUT2D eigenvalue weighted by Gasteiger charge is -2.27. The van der Waals surface area contributed by atoms with Crippen LogP contribution < -0.4 is 0 Å². The molecule has 2 unspecified atom stereocenters. The van der Waals surface area contributed by atoms with E-state index in [1.165, 1.54) is 0 Å². The van der Waals surface area contributed by atoms with Gasteiger partial charge in [-0.3, -0.25) is 0 Å². The van der Waals surface area contributed by atoms with Crippen LogP contribution in [0, 0.1) is 11.8 Å². The molecule has 0 radical (unpaired) electrons. The van der Waals surface area contributed by atoms with Crippen LogP contribution >= 0.6 is 0 Å². The van der Waals surface area contributed by atoms with Crippen molar-refractivity contribution in [2.75, 3.05) is 6.61 Å². The van der Waals surface area contributed by atoms with Gasteiger partial charge >= 0.3 is 0 Å². The molecule has 0 amide bonds. The van der Waals surface area contributed by atoms with E-state index in [-0.39, 0.29) is 18.5 Å². The van der Waals surface area contributed by atoms with Crippen molar-refractivity contribution in [3.05, 3.63) is 0 Å². The molecule has 3 aliphatic rings. The molecule has 3 fully saturated rings. The van der Waals surface area contributed by atoms with Crippen molar-refractivity contribution in [2.24, 2.45) is 11.8 Å². The van der Waals surface area contributed by atoms with Crippen molar-refractivity contribution in [3.63, 3.8) is 0 Å². The van der Waals surface area contributed by atoms with Crippen LogP contribution in [0.2, 0.25) is 0 Å². The summed E-state index contributed by atoms with van der Waals surface area (Å²) in [6.45, 7) is 0.791. The van der Waals surface area contributed by atoms with Crippen LogP contribution in [0.4, 0.5) is 0 Å². The molecule has 3 rings (SSSR count). The zero-order valence-electron chi connectivity index (χ0n) is 6.27. The molecule has 1 aliphatic carbocycles. The number of aliphatic hydroxyl groups excluding tert-OH is 1. The molecule has 62 valence electrons. The Bertz CT molecular complexity index is 180. The van der Waals surface area contributed by atoms with E-state index < -0.39 is 0 Å². The lowest BCUT2D eigenvalue weighted by molar-refractivity contribution is -0.146. The zero-order chi connectivity index (χ0) is 7.42. The maximum atomic E-state index is 9.54. The molecule has 3 heteroatoms. The van der Waals surface area contributed by atoms with E-state index in [0.29, 0.717) is 11.8 Å². The summed E-state index contributed by atoms with van der Waals surface area (Å²) in [4.78, 5) is 0. The number of ether oxygens (including phenoxy) is 2. The minimum absolute atomic E-state index is 0.0159. The van der Waals surface area contributed by atoms with Crippen molar-refractivity contribution in [1.82, 2.24) is 0 Å². The molecule has 2 bridgehead atoms. The Kier molecular flexibility index (Phi) is 1.15. The minimum atomic E-state index is -0.231. The maximum absolute atomic E-state index is 9.54. The largest absolute Gasteiger partial charge is 0.390 e. The van der Waals surface area contributed by atoms with E-state index in [0.717, 1.165) is 19.4 Å². The average Bonchev–Trinajstić information content (AvgIpc) is 2.46. The van der Waals surface area contributed by atoms with Crippen molar-refractivity contribution in [1.29, 1.82) is 0 Å². The number of fused-ring (bicyclic) bond motifs is 1. The predicted molar refractivity (Wildman–Crippen MR) is 36.8 cm³/mol. The van der Waals surface area contributed by atoms with E-state index in [4.69, 9.17) is 9.47 Å². The summed E-state index contributed by atoms with van der Waals surface area (Å²) < 4.78 is 10.9. The molecular formula is C8H12O3. The Hall–Kier alpha value is -0.120. The summed E-state index contributed by atoms with van der Waals surface area (Å²) in [5.74, 6) is 1.15. The molecule has 2 aliphatic heterocycles. The lowest BCUT2D eigenvalue weighted by atomic mass is 9.80. The van der Waals surface area contributed by atoms with Crippen LogP contribution in [-0.4, -0.2) is 30.2 Å². The van der Waals surface area contributed by atoms with Gasteiger partial charge in [0.05, 0.1) is 18.8 Å². The van der Waals surface area contributed by atoms with E-state index in [2.05, 4.69) is 0 Å². The molecule has 0 aromatic rings. The highest BCUT2D eigenvalue weighted by molar-refractivity contribution is 4.96. The van der Waals surface area contributed by atoms with Crippen molar-refractivity contribution in [2.45, 2.75) is 31.3 Å². The fraction of sp³-hybridized carbons (Fsp3) is 1.00.